The van der Waals surface area contributed by atoms with Gasteiger partial charge in [-0.1, -0.05) is 6.07 Å². The smallest absolute Gasteiger partial charge is 0.0701 e. The molecule has 2 rings (SSSR count). The number of thioether (sulfide) groups is 1. The summed E-state index contributed by atoms with van der Waals surface area (Å²) in [5, 5.41) is 0.336. The molecule has 1 aromatic carbocycles. The summed E-state index contributed by atoms with van der Waals surface area (Å²) < 4.78 is 1.16. The molecule has 2 N–H and O–H groups in total. The first-order valence-corrected chi connectivity index (χ1v) is 8.28. The van der Waals surface area contributed by atoms with E-state index in [2.05, 4.69) is 60.1 Å². The molecule has 0 bridgehead atoms. The Labute approximate surface area is 125 Å². The predicted octanol–water partition coefficient (Wildman–Crippen LogP) is 4.92. The lowest BCUT2D eigenvalue weighted by molar-refractivity contribution is 0.960. The molecule has 0 aliphatic rings. The standard InChI is InChI=1S/C14H16BrNS2/c1-9-3-4-11(7-10(9)2)17-13(8-16)12-5-6-14(15)18-12/h3-7,13H,8,16H2,1-2H3. The normalized spacial score (nSPS) is 12.7. The van der Waals surface area contributed by atoms with Crippen molar-refractivity contribution in [2.75, 3.05) is 6.54 Å². The molecule has 0 aliphatic heterocycles. The zero-order valence-electron chi connectivity index (χ0n) is 10.4. The highest BCUT2D eigenvalue weighted by molar-refractivity contribution is 9.11. The summed E-state index contributed by atoms with van der Waals surface area (Å²) in [5.41, 5.74) is 8.57. The summed E-state index contributed by atoms with van der Waals surface area (Å²) in [7, 11) is 0. The third kappa shape index (κ3) is 3.38. The summed E-state index contributed by atoms with van der Waals surface area (Å²) in [6.45, 7) is 4.95. The van der Waals surface area contributed by atoms with Gasteiger partial charge in [0, 0.05) is 16.3 Å². The topological polar surface area (TPSA) is 26.0 Å². The minimum Gasteiger partial charge on any atom is -0.329 e. The van der Waals surface area contributed by atoms with Crippen molar-refractivity contribution in [3.63, 3.8) is 0 Å². The molecule has 2 aromatic rings. The molecular formula is C14H16BrNS2. The molecule has 1 nitrogen and oxygen atoms in total. The van der Waals surface area contributed by atoms with Crippen LogP contribution in [0.1, 0.15) is 21.3 Å². The van der Waals surface area contributed by atoms with Gasteiger partial charge < -0.3 is 5.73 Å². The molecule has 4 heteroatoms. The van der Waals surface area contributed by atoms with E-state index in [0.717, 1.165) is 3.79 Å². The van der Waals surface area contributed by atoms with E-state index in [4.69, 9.17) is 5.73 Å². The van der Waals surface area contributed by atoms with E-state index in [1.165, 1.54) is 20.9 Å². The average molecular weight is 342 g/mol. The number of rotatable bonds is 4. The summed E-state index contributed by atoms with van der Waals surface area (Å²) in [6, 6.07) is 10.8. The summed E-state index contributed by atoms with van der Waals surface area (Å²) in [4.78, 5) is 2.62. The number of nitrogens with two attached hydrogens (primary N) is 1. The molecule has 1 unspecified atom stereocenters. The Morgan fingerprint density at radius 2 is 2.00 bits per heavy atom. The van der Waals surface area contributed by atoms with Crippen molar-refractivity contribution in [3.8, 4) is 0 Å². The lowest BCUT2D eigenvalue weighted by Gasteiger charge is -2.13. The first kappa shape index (κ1) is 14.1. The van der Waals surface area contributed by atoms with Gasteiger partial charge in [0.1, 0.15) is 0 Å². The largest absolute Gasteiger partial charge is 0.329 e. The van der Waals surface area contributed by atoms with E-state index in [1.54, 1.807) is 11.3 Å². The Morgan fingerprint density at radius 1 is 1.22 bits per heavy atom. The summed E-state index contributed by atoms with van der Waals surface area (Å²) in [6.07, 6.45) is 0. The van der Waals surface area contributed by atoms with E-state index in [-0.39, 0.29) is 0 Å². The maximum atomic E-state index is 5.90. The van der Waals surface area contributed by atoms with E-state index >= 15 is 0 Å². The number of hydrogen-bond acceptors (Lipinski definition) is 3. The molecule has 1 aromatic heterocycles. The molecule has 0 fully saturated rings. The second kappa shape index (κ2) is 6.24. The minimum absolute atomic E-state index is 0.336. The molecular weight excluding hydrogens is 326 g/mol. The van der Waals surface area contributed by atoms with Crippen molar-refractivity contribution in [2.24, 2.45) is 5.73 Å². The van der Waals surface area contributed by atoms with Crippen molar-refractivity contribution in [1.82, 2.24) is 0 Å². The van der Waals surface area contributed by atoms with Gasteiger partial charge in [-0.3, -0.25) is 0 Å². The fraction of sp³-hybridized carbons (Fsp3) is 0.286. The predicted molar refractivity (Wildman–Crippen MR) is 85.6 cm³/mol. The second-order valence-electron chi connectivity index (χ2n) is 4.23. The third-order valence-electron chi connectivity index (χ3n) is 2.88. The van der Waals surface area contributed by atoms with Crippen LogP contribution in [0.3, 0.4) is 0 Å². The SMILES string of the molecule is Cc1ccc(SC(CN)c2ccc(Br)s2)cc1C. The highest BCUT2D eigenvalue weighted by Crippen LogP contribution is 2.39. The van der Waals surface area contributed by atoms with Crippen molar-refractivity contribution in [3.05, 3.63) is 50.1 Å². The molecule has 18 heavy (non-hydrogen) atoms. The van der Waals surface area contributed by atoms with Gasteiger partial charge in [0.05, 0.1) is 9.04 Å². The number of thiophene rings is 1. The monoisotopic (exact) mass is 341 g/mol. The maximum Gasteiger partial charge on any atom is 0.0701 e. The molecule has 1 heterocycles. The van der Waals surface area contributed by atoms with Crippen molar-refractivity contribution in [1.29, 1.82) is 0 Å². The van der Waals surface area contributed by atoms with Gasteiger partial charge in [-0.15, -0.1) is 23.1 Å². The van der Waals surface area contributed by atoms with Gasteiger partial charge >= 0.3 is 0 Å². The van der Waals surface area contributed by atoms with Gasteiger partial charge in [-0.2, -0.15) is 0 Å². The van der Waals surface area contributed by atoms with Gasteiger partial charge in [0.2, 0.25) is 0 Å². The molecule has 96 valence electrons. The first-order chi connectivity index (χ1) is 8.60. The number of benzene rings is 1. The quantitative estimate of drug-likeness (QED) is 0.798. The van der Waals surface area contributed by atoms with Crippen LogP contribution in [0.5, 0.6) is 0 Å². The lowest BCUT2D eigenvalue weighted by Crippen LogP contribution is -2.07. The molecule has 0 amide bonds. The van der Waals surface area contributed by atoms with Crippen LogP contribution in [0.15, 0.2) is 39.0 Å². The van der Waals surface area contributed by atoms with Crippen LogP contribution < -0.4 is 5.73 Å². The summed E-state index contributed by atoms with van der Waals surface area (Å²) >= 11 is 7.11. The number of halogens is 1. The highest BCUT2D eigenvalue weighted by Gasteiger charge is 2.13. The van der Waals surface area contributed by atoms with Gasteiger partial charge in [0.15, 0.2) is 0 Å². The Bertz CT molecular complexity index is 536. The lowest BCUT2D eigenvalue weighted by atomic mass is 10.1. The molecule has 0 saturated heterocycles. The third-order valence-corrected chi connectivity index (χ3v) is 6.03. The zero-order chi connectivity index (χ0) is 13.1. The van der Waals surface area contributed by atoms with Crippen molar-refractivity contribution < 1.29 is 0 Å². The van der Waals surface area contributed by atoms with E-state index in [0.29, 0.717) is 11.8 Å². The second-order valence-corrected chi connectivity index (χ2v) is 8.00. The van der Waals surface area contributed by atoms with Crippen LogP contribution in [-0.2, 0) is 0 Å². The van der Waals surface area contributed by atoms with Crippen LogP contribution in [0.25, 0.3) is 0 Å². The van der Waals surface area contributed by atoms with Gasteiger partial charge in [-0.25, -0.2) is 0 Å². The maximum absolute atomic E-state index is 5.90. The molecule has 0 spiro atoms. The van der Waals surface area contributed by atoms with Gasteiger partial charge in [-0.05, 0) is 65.2 Å². The van der Waals surface area contributed by atoms with E-state index < -0.39 is 0 Å². The van der Waals surface area contributed by atoms with Gasteiger partial charge in [0.25, 0.3) is 0 Å². The fourth-order valence-corrected chi connectivity index (χ4v) is 4.39. The van der Waals surface area contributed by atoms with Crippen LogP contribution >= 0.6 is 39.0 Å². The van der Waals surface area contributed by atoms with Crippen molar-refractivity contribution >= 4 is 39.0 Å². The van der Waals surface area contributed by atoms with E-state index in [1.807, 2.05) is 11.8 Å². The van der Waals surface area contributed by atoms with E-state index in [9.17, 15) is 0 Å². The first-order valence-electron chi connectivity index (χ1n) is 5.79. The Morgan fingerprint density at radius 3 is 2.56 bits per heavy atom. The summed E-state index contributed by atoms with van der Waals surface area (Å²) in [5.74, 6) is 0. The van der Waals surface area contributed by atoms with Crippen LogP contribution in [0.2, 0.25) is 0 Å². The molecule has 0 saturated carbocycles. The van der Waals surface area contributed by atoms with Crippen LogP contribution in [0, 0.1) is 13.8 Å². The molecule has 1 atom stereocenters. The average Bonchev–Trinajstić information content (AvgIpc) is 2.77. The number of hydrogen-bond donors (Lipinski definition) is 1. The van der Waals surface area contributed by atoms with Crippen LogP contribution in [0.4, 0.5) is 0 Å². The van der Waals surface area contributed by atoms with Crippen molar-refractivity contribution in [2.45, 2.75) is 24.0 Å². The number of aryl methyl sites for hydroxylation is 2. The Balaban J connectivity index is 2.17. The molecule has 0 aliphatic carbocycles. The van der Waals surface area contributed by atoms with Crippen LogP contribution in [-0.4, -0.2) is 6.54 Å². The minimum atomic E-state index is 0.336. The highest BCUT2D eigenvalue weighted by atomic mass is 79.9. The Hall–Kier alpha value is -0.290. The Kier molecular flexibility index (Phi) is 4.90. The molecule has 0 radical (unpaired) electrons. The zero-order valence-corrected chi connectivity index (χ0v) is 13.7. The fourth-order valence-electron chi connectivity index (χ4n) is 1.68.